The van der Waals surface area contributed by atoms with Crippen LogP contribution in [-0.4, -0.2) is 25.6 Å². The molecule has 0 bridgehead atoms. The maximum absolute atomic E-state index is 5.11. The summed E-state index contributed by atoms with van der Waals surface area (Å²) in [6.07, 6.45) is 0. The predicted molar refractivity (Wildman–Crippen MR) is 29.0 cm³/mol. The Labute approximate surface area is 37.5 Å². The van der Waals surface area contributed by atoms with Crippen LogP contribution < -0.4 is 10.9 Å². The molecule has 0 aromatic carbocycles. The van der Waals surface area contributed by atoms with Gasteiger partial charge in [-0.15, -0.1) is 0 Å². The van der Waals surface area contributed by atoms with Gasteiger partial charge in [0.15, 0.2) is 0 Å². The van der Waals surface area contributed by atoms with Crippen LogP contribution in [0.2, 0.25) is 0 Å². The molecule has 0 unspecified atom stereocenters. The van der Waals surface area contributed by atoms with E-state index in [0.717, 1.165) is 20.8 Å². The molecular weight excluding hydrogens is 98.2 g/mol. The van der Waals surface area contributed by atoms with E-state index in [1.165, 1.54) is 0 Å². The molecule has 0 heterocycles. The molecule has 3 N–H and O–H groups in total. The first-order chi connectivity index (χ1) is 2.27. The predicted octanol–water partition coefficient (Wildman–Crippen LogP) is -3.77. The van der Waals surface area contributed by atoms with E-state index in [2.05, 4.69) is 5.09 Å². The van der Waals surface area contributed by atoms with E-state index in [0.29, 0.717) is 0 Å². The molecule has 3 nitrogen and oxygen atoms in total. The second-order valence-electron chi connectivity index (χ2n) is 0.835. The second-order valence-corrected chi connectivity index (χ2v) is 2.25. The molecule has 0 aliphatic heterocycles. The normalized spacial score (nSPS) is 10.8. The highest BCUT2D eigenvalue weighted by Gasteiger charge is 1.68. The lowest BCUT2D eigenvalue weighted by Crippen LogP contribution is -2.39. The SMILES string of the molecule is NN([SiH3])N[SiH3]. The summed E-state index contributed by atoms with van der Waals surface area (Å²) in [5.74, 6) is 5.11. The van der Waals surface area contributed by atoms with E-state index < -0.39 is 0 Å². The molecule has 0 saturated carbocycles. The van der Waals surface area contributed by atoms with Crippen molar-refractivity contribution in [2.45, 2.75) is 0 Å². The summed E-state index contributed by atoms with van der Waals surface area (Å²) in [5.41, 5.74) is 0. The Morgan fingerprint density at radius 2 is 2.00 bits per heavy atom. The Balaban J connectivity index is 2.54. The highest BCUT2D eigenvalue weighted by molar-refractivity contribution is 6.09. The van der Waals surface area contributed by atoms with Crippen molar-refractivity contribution in [3.8, 4) is 0 Å². The van der Waals surface area contributed by atoms with Gasteiger partial charge < -0.3 is 0 Å². The summed E-state index contributed by atoms with van der Waals surface area (Å²) < 4.78 is 0. The van der Waals surface area contributed by atoms with Gasteiger partial charge in [-0.3, -0.25) is 10.9 Å². The van der Waals surface area contributed by atoms with Gasteiger partial charge >= 0.3 is 0 Å². The molecule has 0 aromatic rings. The summed E-state index contributed by atoms with van der Waals surface area (Å²) in [4.78, 5) is 1.58. The number of nitrogens with one attached hydrogen (secondary N) is 1. The number of hydrogen-bond acceptors (Lipinski definition) is 3. The number of nitrogens with two attached hydrogens (primary N) is 1. The molecule has 0 atom stereocenters. The van der Waals surface area contributed by atoms with Crippen molar-refractivity contribution >= 4 is 20.8 Å². The van der Waals surface area contributed by atoms with E-state index in [1.54, 1.807) is 4.78 Å². The summed E-state index contributed by atoms with van der Waals surface area (Å²) in [5, 5.41) is 2.84. The van der Waals surface area contributed by atoms with Crippen molar-refractivity contribution < 1.29 is 0 Å². The van der Waals surface area contributed by atoms with E-state index in [4.69, 9.17) is 5.84 Å². The van der Waals surface area contributed by atoms with Crippen molar-refractivity contribution in [3.63, 3.8) is 0 Å². The molecule has 0 amide bonds. The van der Waals surface area contributed by atoms with Crippen molar-refractivity contribution in [2.75, 3.05) is 0 Å². The highest BCUT2D eigenvalue weighted by atomic mass is 28.2. The molecule has 0 saturated heterocycles. The molecule has 0 spiro atoms. The lowest BCUT2D eigenvalue weighted by molar-refractivity contribution is 0.449. The summed E-state index contributed by atoms with van der Waals surface area (Å²) in [7, 11) is 1.86. The third-order valence-corrected chi connectivity index (χ3v) is 2.40. The number of hydrazine groups is 2. The number of hydrogen-bond donors (Lipinski definition) is 2. The van der Waals surface area contributed by atoms with Gasteiger partial charge in [-0.25, -0.2) is 4.78 Å². The molecule has 5 heavy (non-hydrogen) atoms. The molecule has 0 radical (unpaired) electrons. The van der Waals surface area contributed by atoms with Crippen LogP contribution in [0.4, 0.5) is 0 Å². The van der Waals surface area contributed by atoms with Crippen LogP contribution in [0.5, 0.6) is 0 Å². The van der Waals surface area contributed by atoms with Gasteiger partial charge in [-0.05, 0) is 0 Å². The fourth-order valence-corrected chi connectivity index (χ4v) is 0. The lowest BCUT2D eigenvalue weighted by Gasteiger charge is -2.03. The molecule has 0 aromatic heterocycles. The van der Waals surface area contributed by atoms with Crippen LogP contribution >= 0.6 is 0 Å². The lowest BCUT2D eigenvalue weighted by atomic mass is 12.5. The third-order valence-electron chi connectivity index (χ3n) is 0.353. The van der Waals surface area contributed by atoms with Crippen LogP contribution in [0, 0.1) is 0 Å². The quantitative estimate of drug-likeness (QED) is 0.205. The van der Waals surface area contributed by atoms with Gasteiger partial charge in [0.05, 0.1) is 10.4 Å². The molecule has 32 valence electrons. The molecule has 0 fully saturated rings. The van der Waals surface area contributed by atoms with Gasteiger partial charge in [0.25, 0.3) is 0 Å². The van der Waals surface area contributed by atoms with E-state index >= 15 is 0 Å². The minimum Gasteiger partial charge on any atom is -0.282 e. The molecule has 5 heteroatoms. The third kappa shape index (κ3) is 4.31. The van der Waals surface area contributed by atoms with Crippen LogP contribution in [0.1, 0.15) is 0 Å². The van der Waals surface area contributed by atoms with Gasteiger partial charge in [0.1, 0.15) is 10.4 Å². The van der Waals surface area contributed by atoms with E-state index in [-0.39, 0.29) is 0 Å². The van der Waals surface area contributed by atoms with Crippen molar-refractivity contribution in [1.29, 1.82) is 0 Å². The summed E-state index contributed by atoms with van der Waals surface area (Å²) in [6, 6.07) is 0. The number of nitrogens with zero attached hydrogens (tertiary/aromatic N) is 1. The highest BCUT2D eigenvalue weighted by Crippen LogP contribution is 1.35. The Morgan fingerprint density at radius 1 is 1.80 bits per heavy atom. The van der Waals surface area contributed by atoms with Crippen molar-refractivity contribution in [2.24, 2.45) is 5.84 Å². The van der Waals surface area contributed by atoms with Gasteiger partial charge in [0.2, 0.25) is 0 Å². The standard InChI is InChI=1S/H9N3Si2/c1-3(5)2-4/h2H,1H2,4-5H3. The average Bonchev–Trinajstić information content (AvgIpc) is 1.38. The average molecular weight is 107 g/mol. The smallest absolute Gasteiger partial charge is 0.118 e. The van der Waals surface area contributed by atoms with Gasteiger partial charge in [-0.2, -0.15) is 0 Å². The van der Waals surface area contributed by atoms with Crippen molar-refractivity contribution in [3.05, 3.63) is 0 Å². The largest absolute Gasteiger partial charge is 0.282 e. The fraction of sp³-hybridized carbons (Fsp3) is 0. The molecule has 0 aliphatic rings. The van der Waals surface area contributed by atoms with E-state index in [9.17, 15) is 0 Å². The monoisotopic (exact) mass is 107 g/mol. The number of rotatable bonds is 1. The summed E-state index contributed by atoms with van der Waals surface area (Å²) in [6.45, 7) is 0. The fourth-order valence-electron chi connectivity index (χ4n) is 0. The minimum absolute atomic E-state index is 0.904. The summed E-state index contributed by atoms with van der Waals surface area (Å²) >= 11 is 0. The van der Waals surface area contributed by atoms with Crippen LogP contribution in [0.15, 0.2) is 0 Å². The van der Waals surface area contributed by atoms with Gasteiger partial charge in [-0.1, -0.05) is 0 Å². The first-order valence-electron chi connectivity index (χ1n) is 1.43. The maximum Gasteiger partial charge on any atom is 0.118 e. The zero-order valence-corrected chi connectivity index (χ0v) is 7.52. The van der Waals surface area contributed by atoms with Gasteiger partial charge in [0, 0.05) is 0 Å². The first-order valence-corrected chi connectivity index (χ1v) is 3.32. The second kappa shape index (κ2) is 2.55. The molecule has 0 aliphatic carbocycles. The van der Waals surface area contributed by atoms with Crippen molar-refractivity contribution in [1.82, 2.24) is 9.87 Å². The van der Waals surface area contributed by atoms with Crippen LogP contribution in [0.3, 0.4) is 0 Å². The zero-order valence-electron chi connectivity index (χ0n) is 3.52. The Kier molecular flexibility index (Phi) is 2.71. The Hall–Kier alpha value is 0.314. The molecular formula is H9N3Si2. The van der Waals surface area contributed by atoms with Crippen LogP contribution in [0.25, 0.3) is 0 Å². The zero-order chi connectivity index (χ0) is 4.28. The minimum atomic E-state index is 0.904. The topological polar surface area (TPSA) is 41.3 Å². The maximum atomic E-state index is 5.11. The van der Waals surface area contributed by atoms with E-state index in [1.807, 2.05) is 0 Å². The Morgan fingerprint density at radius 3 is 2.00 bits per heavy atom. The Bertz CT molecular complexity index is 18.9. The molecule has 0 rings (SSSR count). The first kappa shape index (κ1) is 5.31. The van der Waals surface area contributed by atoms with Crippen LogP contribution in [-0.2, 0) is 0 Å².